The Kier molecular flexibility index (Phi) is 5.45. The molecule has 0 spiro atoms. The summed E-state index contributed by atoms with van der Waals surface area (Å²) < 4.78 is 3.87. The molecule has 0 radical (unpaired) electrons. The number of imidazole rings is 1. The number of hydrogen-bond acceptors (Lipinski definition) is 6. The second-order valence-corrected chi connectivity index (χ2v) is 10.3. The number of hydrogen-bond donors (Lipinski definition) is 0. The van der Waals surface area contributed by atoms with Gasteiger partial charge in [0.15, 0.2) is 0 Å². The van der Waals surface area contributed by atoms with E-state index in [0.717, 1.165) is 74.6 Å². The third-order valence-electron chi connectivity index (χ3n) is 7.06. The smallest absolute Gasteiger partial charge is 0.264 e. The maximum absolute atomic E-state index is 13.4. The molecule has 1 saturated heterocycles. The average molecular weight is 477 g/mol. The fourth-order valence-corrected chi connectivity index (χ4v) is 6.32. The maximum Gasteiger partial charge on any atom is 0.264 e. The number of rotatable bonds is 3. The lowest BCUT2D eigenvalue weighted by molar-refractivity contribution is 0.0631. The van der Waals surface area contributed by atoms with E-state index in [2.05, 4.69) is 11.1 Å². The molecule has 0 aliphatic carbocycles. The number of carbonyl (C=O) groups excluding carboxylic acids is 1. The van der Waals surface area contributed by atoms with Crippen molar-refractivity contribution in [2.24, 2.45) is 0 Å². The van der Waals surface area contributed by atoms with E-state index in [4.69, 9.17) is 9.97 Å². The van der Waals surface area contributed by atoms with E-state index >= 15 is 0 Å². The number of piperazine rings is 1. The number of thiophene rings is 1. The maximum atomic E-state index is 13.4. The minimum atomic E-state index is 0.0203. The van der Waals surface area contributed by atoms with Crippen LogP contribution < -0.4 is 5.56 Å². The zero-order valence-corrected chi connectivity index (χ0v) is 20.2. The Hall–Kier alpha value is -3.04. The summed E-state index contributed by atoms with van der Waals surface area (Å²) in [5.74, 6) is 0.892. The molecule has 0 N–H and O–H groups in total. The predicted molar refractivity (Wildman–Crippen MR) is 133 cm³/mol. The van der Waals surface area contributed by atoms with Crippen molar-refractivity contribution in [1.82, 2.24) is 28.7 Å². The van der Waals surface area contributed by atoms with Gasteiger partial charge in [0, 0.05) is 58.1 Å². The van der Waals surface area contributed by atoms with Crippen molar-refractivity contribution in [3.05, 3.63) is 62.9 Å². The summed E-state index contributed by atoms with van der Waals surface area (Å²) in [7, 11) is 0. The van der Waals surface area contributed by atoms with Gasteiger partial charge in [-0.1, -0.05) is 12.5 Å². The molecule has 34 heavy (non-hydrogen) atoms. The second kappa shape index (κ2) is 8.63. The van der Waals surface area contributed by atoms with Crippen molar-refractivity contribution in [3.63, 3.8) is 0 Å². The van der Waals surface area contributed by atoms with E-state index in [-0.39, 0.29) is 11.5 Å². The first-order valence-electron chi connectivity index (χ1n) is 12.1. The molecule has 4 aromatic heterocycles. The molecule has 176 valence electrons. The van der Waals surface area contributed by atoms with Gasteiger partial charge in [-0.15, -0.1) is 11.3 Å². The molecule has 1 fully saturated rings. The highest BCUT2D eigenvalue weighted by Crippen LogP contribution is 2.29. The molecule has 0 aromatic carbocycles. The quantitative estimate of drug-likeness (QED) is 0.454. The van der Waals surface area contributed by atoms with Gasteiger partial charge in [0.25, 0.3) is 11.5 Å². The minimum absolute atomic E-state index is 0.0203. The van der Waals surface area contributed by atoms with Gasteiger partial charge >= 0.3 is 0 Å². The Balaban J connectivity index is 1.18. The van der Waals surface area contributed by atoms with Crippen LogP contribution in [0.1, 0.15) is 46.0 Å². The summed E-state index contributed by atoms with van der Waals surface area (Å²) in [6, 6.07) is 6.00. The van der Waals surface area contributed by atoms with Crippen molar-refractivity contribution in [2.45, 2.75) is 45.7 Å². The van der Waals surface area contributed by atoms with E-state index in [1.54, 1.807) is 0 Å². The van der Waals surface area contributed by atoms with Gasteiger partial charge in [0.05, 0.1) is 16.0 Å². The van der Waals surface area contributed by atoms with Gasteiger partial charge in [-0.05, 0) is 37.5 Å². The number of carbonyl (C=O) groups is 1. The van der Waals surface area contributed by atoms with Gasteiger partial charge in [0.2, 0.25) is 0 Å². The summed E-state index contributed by atoms with van der Waals surface area (Å²) in [4.78, 5) is 41.8. The molecule has 0 atom stereocenters. The Morgan fingerprint density at radius 3 is 2.74 bits per heavy atom. The van der Waals surface area contributed by atoms with Crippen LogP contribution in [0.4, 0.5) is 0 Å². The zero-order chi connectivity index (χ0) is 23.2. The molecule has 2 aliphatic rings. The summed E-state index contributed by atoms with van der Waals surface area (Å²) >= 11 is 1.38. The molecular weight excluding hydrogens is 448 g/mol. The first-order valence-corrected chi connectivity index (χ1v) is 12.9. The van der Waals surface area contributed by atoms with Crippen molar-refractivity contribution >= 4 is 33.1 Å². The highest BCUT2D eigenvalue weighted by molar-refractivity contribution is 7.20. The van der Waals surface area contributed by atoms with Crippen molar-refractivity contribution in [2.75, 3.05) is 26.2 Å². The van der Waals surface area contributed by atoms with E-state index in [0.29, 0.717) is 28.2 Å². The summed E-state index contributed by atoms with van der Waals surface area (Å²) in [6.45, 7) is 6.35. The number of aromatic nitrogens is 4. The number of aryl methyl sites for hydroxylation is 2. The van der Waals surface area contributed by atoms with Crippen LogP contribution in [-0.4, -0.2) is 60.8 Å². The van der Waals surface area contributed by atoms with Crippen LogP contribution >= 0.6 is 11.3 Å². The summed E-state index contributed by atoms with van der Waals surface area (Å²) in [5, 5.41) is 0.629. The number of nitrogens with zero attached hydrogens (tertiary/aromatic N) is 6. The largest absolute Gasteiger partial charge is 0.335 e. The van der Waals surface area contributed by atoms with E-state index in [9.17, 15) is 9.59 Å². The zero-order valence-electron chi connectivity index (χ0n) is 19.4. The van der Waals surface area contributed by atoms with Gasteiger partial charge in [0.1, 0.15) is 16.3 Å². The van der Waals surface area contributed by atoms with Gasteiger partial charge in [-0.2, -0.15) is 0 Å². The predicted octanol–water partition coefficient (Wildman–Crippen LogP) is 3.10. The van der Waals surface area contributed by atoms with Gasteiger partial charge in [-0.3, -0.25) is 19.1 Å². The lowest BCUT2D eigenvalue weighted by Crippen LogP contribution is -2.48. The molecular formula is C25H28N6O2S. The molecule has 2 aliphatic heterocycles. The van der Waals surface area contributed by atoms with Crippen LogP contribution in [0.25, 0.3) is 15.9 Å². The SMILES string of the molecule is Cc1c(C(=O)N2CCN(Cc3cn4ccccc4n3)CC2)sc2nc3n(c(=O)c12)CCCCC3. The normalized spacial score (nSPS) is 17.3. The van der Waals surface area contributed by atoms with E-state index in [1.807, 2.05) is 45.2 Å². The molecule has 9 heteroatoms. The average Bonchev–Trinajstić information content (AvgIpc) is 3.30. The van der Waals surface area contributed by atoms with Crippen LogP contribution in [0.15, 0.2) is 35.4 Å². The molecule has 0 saturated carbocycles. The number of pyridine rings is 1. The molecule has 1 amide bonds. The topological polar surface area (TPSA) is 75.7 Å². The monoisotopic (exact) mass is 476 g/mol. The number of fused-ring (bicyclic) bond motifs is 3. The fraction of sp³-hybridized carbons (Fsp3) is 0.440. The fourth-order valence-electron chi connectivity index (χ4n) is 5.16. The lowest BCUT2D eigenvalue weighted by Gasteiger charge is -2.34. The lowest BCUT2D eigenvalue weighted by atomic mass is 10.2. The highest BCUT2D eigenvalue weighted by Gasteiger charge is 2.28. The highest BCUT2D eigenvalue weighted by atomic mass is 32.1. The Morgan fingerprint density at radius 1 is 1.06 bits per heavy atom. The minimum Gasteiger partial charge on any atom is -0.335 e. The van der Waals surface area contributed by atoms with Crippen molar-refractivity contribution in [1.29, 1.82) is 0 Å². The van der Waals surface area contributed by atoms with Crippen LogP contribution in [0.5, 0.6) is 0 Å². The first kappa shape index (κ1) is 21.5. The van der Waals surface area contributed by atoms with Crippen LogP contribution in [0.2, 0.25) is 0 Å². The Bertz CT molecular complexity index is 1410. The van der Waals surface area contributed by atoms with Crippen LogP contribution in [0, 0.1) is 6.92 Å². The standard InChI is InChI=1S/C25H28N6O2S/c1-17-21-23(27-20-8-3-2-5-10-31(20)24(21)32)34-22(17)25(33)29-13-11-28(12-14-29)15-18-16-30-9-6-4-7-19(30)26-18/h4,6-7,9,16H,2-3,5,8,10-15H2,1H3. The van der Waals surface area contributed by atoms with Crippen LogP contribution in [0.3, 0.4) is 0 Å². The molecule has 4 aromatic rings. The Labute approximate surface area is 201 Å². The molecule has 6 heterocycles. The summed E-state index contributed by atoms with van der Waals surface area (Å²) in [5.41, 5.74) is 2.80. The van der Waals surface area contributed by atoms with Crippen molar-refractivity contribution < 1.29 is 4.79 Å². The van der Waals surface area contributed by atoms with E-state index < -0.39 is 0 Å². The molecule has 0 unspecified atom stereocenters. The van der Waals surface area contributed by atoms with Gasteiger partial charge < -0.3 is 9.30 Å². The van der Waals surface area contributed by atoms with Crippen LogP contribution in [-0.2, 0) is 19.5 Å². The first-order chi connectivity index (χ1) is 16.6. The third-order valence-corrected chi connectivity index (χ3v) is 8.24. The third kappa shape index (κ3) is 3.73. The molecule has 6 rings (SSSR count). The van der Waals surface area contributed by atoms with E-state index in [1.165, 1.54) is 11.3 Å². The number of amides is 1. The molecule has 8 nitrogen and oxygen atoms in total. The Morgan fingerprint density at radius 2 is 1.91 bits per heavy atom. The van der Waals surface area contributed by atoms with Gasteiger partial charge in [-0.25, -0.2) is 9.97 Å². The second-order valence-electron chi connectivity index (χ2n) is 9.30. The van der Waals surface area contributed by atoms with Crippen molar-refractivity contribution in [3.8, 4) is 0 Å². The molecule has 0 bridgehead atoms. The summed E-state index contributed by atoms with van der Waals surface area (Å²) in [6.07, 6.45) is 8.11.